The van der Waals surface area contributed by atoms with Crippen molar-refractivity contribution < 1.29 is 9.84 Å². The monoisotopic (exact) mass is 364 g/mol. The zero-order chi connectivity index (χ0) is 18.6. The van der Waals surface area contributed by atoms with Crippen LogP contribution < -0.4 is 4.74 Å². The lowest BCUT2D eigenvalue weighted by Crippen LogP contribution is -2.30. The van der Waals surface area contributed by atoms with Crippen LogP contribution in [0.15, 0.2) is 48.7 Å². The van der Waals surface area contributed by atoms with E-state index in [1.165, 1.54) is 16.8 Å². The molecule has 6 nitrogen and oxygen atoms in total. The lowest BCUT2D eigenvalue weighted by Gasteiger charge is -2.27. The van der Waals surface area contributed by atoms with Gasteiger partial charge in [0.05, 0.1) is 18.0 Å². The average molecular weight is 364 g/mol. The average Bonchev–Trinajstić information content (AvgIpc) is 3.03. The summed E-state index contributed by atoms with van der Waals surface area (Å²) >= 11 is 0. The second-order valence-electron chi connectivity index (χ2n) is 6.87. The molecule has 4 rings (SSSR count). The summed E-state index contributed by atoms with van der Waals surface area (Å²) in [4.78, 5) is 6.66. The van der Waals surface area contributed by atoms with Crippen molar-refractivity contribution in [2.75, 3.05) is 6.54 Å². The van der Waals surface area contributed by atoms with E-state index in [1.54, 1.807) is 6.20 Å². The first-order valence-electron chi connectivity index (χ1n) is 9.21. The van der Waals surface area contributed by atoms with Crippen molar-refractivity contribution in [2.45, 2.75) is 32.7 Å². The normalized spacial score (nSPS) is 14.1. The van der Waals surface area contributed by atoms with Crippen LogP contribution in [0.25, 0.3) is 0 Å². The highest BCUT2D eigenvalue weighted by atomic mass is 16.5. The number of aliphatic hydroxyl groups is 1. The van der Waals surface area contributed by atoms with Crippen LogP contribution in [0.4, 0.5) is 0 Å². The summed E-state index contributed by atoms with van der Waals surface area (Å²) in [5, 5.41) is 14.0. The Hall–Kier alpha value is -2.70. The summed E-state index contributed by atoms with van der Waals surface area (Å²) in [6, 6.07) is 14.1. The minimum atomic E-state index is -0.000674. The molecule has 27 heavy (non-hydrogen) atoms. The van der Waals surface area contributed by atoms with Gasteiger partial charge in [-0.2, -0.15) is 5.10 Å². The Morgan fingerprint density at radius 2 is 2.00 bits per heavy atom. The van der Waals surface area contributed by atoms with Crippen LogP contribution in [-0.2, 0) is 39.8 Å². The number of hydrogen-bond acceptors (Lipinski definition) is 5. The van der Waals surface area contributed by atoms with Crippen molar-refractivity contribution in [2.24, 2.45) is 7.05 Å². The Morgan fingerprint density at radius 1 is 1.15 bits per heavy atom. The lowest BCUT2D eigenvalue weighted by atomic mass is 10.0. The van der Waals surface area contributed by atoms with E-state index in [9.17, 15) is 5.11 Å². The molecule has 1 aliphatic heterocycles. The Morgan fingerprint density at radius 3 is 2.74 bits per heavy atom. The number of rotatable bonds is 6. The molecule has 0 atom stereocenters. The van der Waals surface area contributed by atoms with Gasteiger partial charge in [-0.15, -0.1) is 0 Å². The van der Waals surface area contributed by atoms with Crippen LogP contribution in [0.5, 0.6) is 5.75 Å². The van der Waals surface area contributed by atoms with E-state index in [0.29, 0.717) is 6.61 Å². The Labute approximate surface area is 159 Å². The molecule has 0 spiro atoms. The summed E-state index contributed by atoms with van der Waals surface area (Å²) in [5.41, 5.74) is 5.39. The molecule has 0 amide bonds. The fourth-order valence-corrected chi connectivity index (χ4v) is 3.58. The third kappa shape index (κ3) is 4.02. The molecule has 3 aromatic rings. The van der Waals surface area contributed by atoms with Crippen molar-refractivity contribution >= 4 is 0 Å². The lowest BCUT2D eigenvalue weighted by molar-refractivity contribution is 0.236. The predicted octanol–water partition coefficient (Wildman–Crippen LogP) is 2.44. The first-order chi connectivity index (χ1) is 13.2. The molecule has 1 aliphatic rings. The quantitative estimate of drug-likeness (QED) is 0.728. The third-order valence-corrected chi connectivity index (χ3v) is 5.00. The molecular weight excluding hydrogens is 340 g/mol. The zero-order valence-electron chi connectivity index (χ0n) is 15.5. The minimum Gasteiger partial charge on any atom is -0.487 e. The van der Waals surface area contributed by atoms with Crippen LogP contribution >= 0.6 is 0 Å². The third-order valence-electron chi connectivity index (χ3n) is 5.00. The Bertz CT molecular complexity index is 891. The summed E-state index contributed by atoms with van der Waals surface area (Å²) in [6.07, 6.45) is 2.74. The zero-order valence-corrected chi connectivity index (χ0v) is 15.5. The predicted molar refractivity (Wildman–Crippen MR) is 102 cm³/mol. The number of nitrogens with zero attached hydrogens (tertiary/aromatic N) is 4. The molecule has 1 aromatic carbocycles. The molecule has 140 valence electrons. The van der Waals surface area contributed by atoms with Crippen LogP contribution in [-0.4, -0.2) is 31.3 Å². The van der Waals surface area contributed by atoms with E-state index in [2.05, 4.69) is 27.1 Å². The maximum Gasteiger partial charge on any atom is 0.130 e. The highest BCUT2D eigenvalue weighted by Crippen LogP contribution is 2.24. The molecule has 0 radical (unpaired) electrons. The summed E-state index contributed by atoms with van der Waals surface area (Å²) in [7, 11) is 1.96. The Kier molecular flexibility index (Phi) is 5.18. The highest BCUT2D eigenvalue weighted by Gasteiger charge is 2.23. The highest BCUT2D eigenvalue weighted by molar-refractivity contribution is 5.30. The van der Waals surface area contributed by atoms with Crippen molar-refractivity contribution in [1.82, 2.24) is 19.7 Å². The fourth-order valence-electron chi connectivity index (χ4n) is 3.58. The molecule has 0 saturated heterocycles. The van der Waals surface area contributed by atoms with Gasteiger partial charge in [0.15, 0.2) is 0 Å². The van der Waals surface area contributed by atoms with Crippen LogP contribution in [0.1, 0.15) is 28.2 Å². The fraction of sp³-hybridized carbons (Fsp3) is 0.333. The van der Waals surface area contributed by atoms with E-state index in [-0.39, 0.29) is 6.61 Å². The number of aromatic nitrogens is 3. The maximum atomic E-state index is 9.53. The van der Waals surface area contributed by atoms with Gasteiger partial charge in [0, 0.05) is 50.6 Å². The maximum absolute atomic E-state index is 9.53. The minimum absolute atomic E-state index is 0.000674. The van der Waals surface area contributed by atoms with Gasteiger partial charge in [0.1, 0.15) is 12.4 Å². The smallest absolute Gasteiger partial charge is 0.130 e. The first-order valence-corrected chi connectivity index (χ1v) is 9.21. The van der Waals surface area contributed by atoms with E-state index in [4.69, 9.17) is 4.74 Å². The summed E-state index contributed by atoms with van der Waals surface area (Å²) in [5.74, 6) is 0.847. The number of fused-ring (bicyclic) bond motifs is 1. The molecule has 0 aliphatic carbocycles. The van der Waals surface area contributed by atoms with Crippen LogP contribution in [0.3, 0.4) is 0 Å². The van der Waals surface area contributed by atoms with Crippen molar-refractivity contribution in [1.29, 1.82) is 0 Å². The number of aliphatic hydroxyl groups excluding tert-OH is 1. The van der Waals surface area contributed by atoms with Gasteiger partial charge in [0.2, 0.25) is 0 Å². The van der Waals surface area contributed by atoms with Gasteiger partial charge in [-0.05, 0) is 29.8 Å². The summed E-state index contributed by atoms with van der Waals surface area (Å²) in [6.45, 7) is 3.17. The standard InChI is InChI=1S/C21H24N4O2/c1-24-21-9-11-25(13-19(21)20(14-26)23-24)12-16-5-7-18(8-6-16)27-15-17-4-2-3-10-22-17/h2-8,10,26H,9,11-15H2,1H3. The summed E-state index contributed by atoms with van der Waals surface area (Å²) < 4.78 is 7.71. The molecule has 0 saturated carbocycles. The largest absolute Gasteiger partial charge is 0.487 e. The number of ether oxygens (including phenoxy) is 1. The topological polar surface area (TPSA) is 63.4 Å². The number of aryl methyl sites for hydroxylation is 1. The second kappa shape index (κ2) is 7.90. The van der Waals surface area contributed by atoms with Gasteiger partial charge >= 0.3 is 0 Å². The van der Waals surface area contributed by atoms with Crippen LogP contribution in [0, 0.1) is 0 Å². The van der Waals surface area contributed by atoms with E-state index in [0.717, 1.165) is 43.2 Å². The van der Waals surface area contributed by atoms with Gasteiger partial charge in [-0.25, -0.2) is 0 Å². The molecular formula is C21H24N4O2. The molecule has 1 N–H and O–H groups in total. The first kappa shape index (κ1) is 17.7. The van der Waals surface area contributed by atoms with Crippen molar-refractivity contribution in [3.05, 3.63) is 76.9 Å². The Balaban J connectivity index is 1.36. The van der Waals surface area contributed by atoms with Gasteiger partial charge in [-0.1, -0.05) is 18.2 Å². The van der Waals surface area contributed by atoms with Crippen molar-refractivity contribution in [3.8, 4) is 5.75 Å². The van der Waals surface area contributed by atoms with Gasteiger partial charge < -0.3 is 9.84 Å². The second-order valence-corrected chi connectivity index (χ2v) is 6.87. The molecule has 0 fully saturated rings. The van der Waals surface area contributed by atoms with E-state index < -0.39 is 0 Å². The molecule has 6 heteroatoms. The van der Waals surface area contributed by atoms with Crippen LogP contribution in [0.2, 0.25) is 0 Å². The van der Waals surface area contributed by atoms with E-state index >= 15 is 0 Å². The number of hydrogen-bond donors (Lipinski definition) is 1. The van der Waals surface area contributed by atoms with Gasteiger partial charge in [0.25, 0.3) is 0 Å². The molecule has 0 unspecified atom stereocenters. The molecule has 0 bridgehead atoms. The number of pyridine rings is 1. The molecule has 3 heterocycles. The van der Waals surface area contributed by atoms with Crippen molar-refractivity contribution in [3.63, 3.8) is 0 Å². The SMILES string of the molecule is Cn1nc(CO)c2c1CCN(Cc1ccc(OCc3ccccn3)cc1)C2. The van der Waals surface area contributed by atoms with E-state index in [1.807, 2.05) is 42.1 Å². The van der Waals surface area contributed by atoms with Gasteiger partial charge in [-0.3, -0.25) is 14.6 Å². The number of benzene rings is 1. The molecule has 2 aromatic heterocycles.